The van der Waals surface area contributed by atoms with Crippen LogP contribution in [0.25, 0.3) is 0 Å². The SMILES string of the molecule is C1CCNCC1.CCCN1CCC(c2cccc(Cl)c2C)CC1.CCN1CCC(c2cccc(C(F)(F)F)c2Cl)CC1.CCN1CCC(c2cccc(Cl)c2C)CC1. The van der Waals surface area contributed by atoms with Gasteiger partial charge in [-0.3, -0.25) is 0 Å². The first-order valence-electron chi connectivity index (χ1n) is 22.1. The lowest BCUT2D eigenvalue weighted by Gasteiger charge is -2.32. The third-order valence-corrected chi connectivity index (χ3v) is 13.9. The molecule has 3 aromatic carbocycles. The van der Waals surface area contributed by atoms with Gasteiger partial charge in [0.25, 0.3) is 0 Å². The molecule has 0 saturated carbocycles. The number of nitrogens with one attached hydrogen (secondary N) is 1. The molecule has 0 spiro atoms. The summed E-state index contributed by atoms with van der Waals surface area (Å²) in [4.78, 5) is 7.41. The average Bonchev–Trinajstić information content (AvgIpc) is 3.24. The van der Waals surface area contributed by atoms with Gasteiger partial charge in [-0.05, 0) is 207 Å². The summed E-state index contributed by atoms with van der Waals surface area (Å²) in [5, 5.41) is 4.99. The highest BCUT2D eigenvalue weighted by Crippen LogP contribution is 2.41. The van der Waals surface area contributed by atoms with E-state index in [2.05, 4.69) is 78.9 Å². The van der Waals surface area contributed by atoms with Crippen molar-refractivity contribution in [1.29, 1.82) is 0 Å². The normalized spacial score (nSPS) is 19.3. The van der Waals surface area contributed by atoms with E-state index in [1.54, 1.807) is 6.07 Å². The highest BCUT2D eigenvalue weighted by atomic mass is 35.5. The Morgan fingerprint density at radius 3 is 1.33 bits per heavy atom. The van der Waals surface area contributed by atoms with Gasteiger partial charge in [-0.25, -0.2) is 0 Å². The molecule has 0 amide bonds. The second-order valence-corrected chi connectivity index (χ2v) is 17.7. The first-order chi connectivity index (χ1) is 27.9. The molecular formula is C48H70Cl3F3N4. The number of likely N-dealkylation sites (tertiary alicyclic amines) is 3. The number of halogens is 6. The molecule has 3 aromatic rings. The van der Waals surface area contributed by atoms with Crippen LogP contribution in [0.15, 0.2) is 54.6 Å². The number of nitrogens with zero attached hydrogens (tertiary/aromatic N) is 3. The molecule has 0 aromatic heterocycles. The Balaban J connectivity index is 0.000000180. The molecule has 7 rings (SSSR count). The van der Waals surface area contributed by atoms with Crippen molar-refractivity contribution in [3.63, 3.8) is 0 Å². The molecule has 4 nitrogen and oxygen atoms in total. The average molecular weight is 866 g/mol. The summed E-state index contributed by atoms with van der Waals surface area (Å²) in [6.45, 7) is 23.6. The van der Waals surface area contributed by atoms with Gasteiger partial charge in [0.1, 0.15) is 0 Å². The van der Waals surface area contributed by atoms with Crippen LogP contribution >= 0.6 is 34.8 Å². The Morgan fingerprint density at radius 2 is 0.966 bits per heavy atom. The molecule has 0 atom stereocenters. The second kappa shape index (κ2) is 25.2. The minimum Gasteiger partial charge on any atom is -0.317 e. The van der Waals surface area contributed by atoms with Gasteiger partial charge in [-0.15, -0.1) is 0 Å². The summed E-state index contributed by atoms with van der Waals surface area (Å²) in [5.41, 5.74) is 5.41. The molecule has 324 valence electrons. The highest BCUT2D eigenvalue weighted by Gasteiger charge is 2.35. The van der Waals surface area contributed by atoms with E-state index >= 15 is 0 Å². The number of piperidine rings is 4. The Morgan fingerprint density at radius 1 is 0.569 bits per heavy atom. The van der Waals surface area contributed by atoms with Gasteiger partial charge in [0.2, 0.25) is 0 Å². The van der Waals surface area contributed by atoms with Gasteiger partial charge in [0.15, 0.2) is 0 Å². The van der Waals surface area contributed by atoms with Crippen molar-refractivity contribution in [2.24, 2.45) is 0 Å². The van der Waals surface area contributed by atoms with E-state index in [1.807, 2.05) is 12.1 Å². The van der Waals surface area contributed by atoms with Gasteiger partial charge < -0.3 is 20.0 Å². The topological polar surface area (TPSA) is 21.8 Å². The van der Waals surface area contributed by atoms with E-state index in [4.69, 9.17) is 34.8 Å². The smallest absolute Gasteiger partial charge is 0.317 e. The van der Waals surface area contributed by atoms with E-state index in [-0.39, 0.29) is 10.9 Å². The first-order valence-corrected chi connectivity index (χ1v) is 23.2. The molecule has 0 radical (unpaired) electrons. The Bertz CT molecular complexity index is 1610. The number of rotatable bonds is 7. The van der Waals surface area contributed by atoms with Crippen molar-refractivity contribution < 1.29 is 13.2 Å². The number of alkyl halides is 3. The molecule has 4 fully saturated rings. The third kappa shape index (κ3) is 15.0. The van der Waals surface area contributed by atoms with Gasteiger partial charge >= 0.3 is 6.18 Å². The molecule has 0 bridgehead atoms. The van der Waals surface area contributed by atoms with Crippen molar-refractivity contribution >= 4 is 34.8 Å². The van der Waals surface area contributed by atoms with E-state index in [0.717, 1.165) is 48.6 Å². The zero-order valence-electron chi connectivity index (χ0n) is 35.9. The minimum atomic E-state index is -4.38. The van der Waals surface area contributed by atoms with Crippen LogP contribution in [0.4, 0.5) is 13.2 Å². The van der Waals surface area contributed by atoms with E-state index in [9.17, 15) is 13.2 Å². The maximum Gasteiger partial charge on any atom is 0.417 e. The van der Waals surface area contributed by atoms with Crippen molar-refractivity contribution in [1.82, 2.24) is 20.0 Å². The summed E-state index contributed by atoms with van der Waals surface area (Å²) in [6.07, 6.45) is 7.95. The van der Waals surface area contributed by atoms with Crippen molar-refractivity contribution in [3.05, 3.63) is 103 Å². The Kier molecular flexibility index (Phi) is 21.2. The van der Waals surface area contributed by atoms with Gasteiger partial charge in [0, 0.05) is 10.0 Å². The van der Waals surface area contributed by atoms with Crippen LogP contribution in [-0.2, 0) is 6.18 Å². The standard InChI is InChI=1S/C15H22ClN.C14H17ClF3N.C14H20ClN.C5H11N/c1-3-9-17-10-7-13(8-11-17)14-5-4-6-15(16)12(14)2;1-2-19-8-6-10(7-9-19)11-4-3-5-12(13(11)15)14(16,17)18;1-3-16-9-7-12(8-10-16)13-5-4-6-14(15)11(13)2;1-2-4-6-5-3-1/h4-6,13H,3,7-11H2,1-2H3;3-5,10H,2,6-9H2,1H3;4-6,12H,3,7-10H2,1-2H3;6H,1-5H2. The molecule has 4 aliphatic heterocycles. The lowest BCUT2D eigenvalue weighted by Crippen LogP contribution is -2.33. The lowest BCUT2D eigenvalue weighted by atomic mass is 9.87. The predicted octanol–water partition coefficient (Wildman–Crippen LogP) is 13.4. The summed E-state index contributed by atoms with van der Waals surface area (Å²) in [7, 11) is 0. The third-order valence-electron chi connectivity index (χ3n) is 12.7. The summed E-state index contributed by atoms with van der Waals surface area (Å²) in [5.74, 6) is 1.56. The monoisotopic (exact) mass is 864 g/mol. The van der Waals surface area contributed by atoms with Crippen LogP contribution in [0.5, 0.6) is 0 Å². The molecule has 0 unspecified atom stereocenters. The van der Waals surface area contributed by atoms with Gasteiger partial charge in [-0.2, -0.15) is 13.2 Å². The maximum absolute atomic E-state index is 12.8. The molecule has 10 heteroatoms. The fourth-order valence-corrected chi connectivity index (χ4v) is 9.67. The second-order valence-electron chi connectivity index (χ2n) is 16.5. The number of hydrogen-bond acceptors (Lipinski definition) is 4. The number of hydrogen-bond donors (Lipinski definition) is 1. The molecule has 4 heterocycles. The van der Waals surface area contributed by atoms with Gasteiger partial charge in [0.05, 0.1) is 10.6 Å². The molecule has 1 N–H and O–H groups in total. The molecule has 4 saturated heterocycles. The summed E-state index contributed by atoms with van der Waals surface area (Å²) in [6, 6.07) is 16.9. The van der Waals surface area contributed by atoms with E-state index in [0.29, 0.717) is 17.4 Å². The summed E-state index contributed by atoms with van der Waals surface area (Å²) >= 11 is 18.3. The molecule has 0 aliphatic carbocycles. The number of benzene rings is 3. The van der Waals surface area contributed by atoms with Crippen molar-refractivity contribution in [2.45, 2.75) is 123 Å². The van der Waals surface area contributed by atoms with Crippen molar-refractivity contribution in [3.8, 4) is 0 Å². The van der Waals surface area contributed by atoms with Crippen LogP contribution in [0.1, 0.15) is 136 Å². The highest BCUT2D eigenvalue weighted by molar-refractivity contribution is 6.32. The van der Waals surface area contributed by atoms with Crippen LogP contribution in [0, 0.1) is 13.8 Å². The molecule has 4 aliphatic rings. The molecule has 58 heavy (non-hydrogen) atoms. The van der Waals surface area contributed by atoms with Crippen molar-refractivity contribution in [2.75, 3.05) is 72.0 Å². The van der Waals surface area contributed by atoms with Crippen LogP contribution < -0.4 is 5.32 Å². The fourth-order valence-electron chi connectivity index (χ4n) is 8.92. The minimum absolute atomic E-state index is 0.120. The first kappa shape index (κ1) is 48.8. The Labute approximate surface area is 364 Å². The van der Waals surface area contributed by atoms with Crippen LogP contribution in [0.2, 0.25) is 15.1 Å². The van der Waals surface area contributed by atoms with Crippen LogP contribution in [0.3, 0.4) is 0 Å². The summed E-state index contributed by atoms with van der Waals surface area (Å²) < 4.78 is 38.5. The predicted molar refractivity (Wildman–Crippen MR) is 242 cm³/mol. The molecular weight excluding hydrogens is 796 g/mol. The zero-order valence-corrected chi connectivity index (χ0v) is 38.2. The zero-order chi connectivity index (χ0) is 42.1. The Hall–Kier alpha value is -1.84. The van der Waals surface area contributed by atoms with Gasteiger partial charge in [-0.1, -0.05) is 98.4 Å². The van der Waals surface area contributed by atoms with E-state index < -0.39 is 11.7 Å². The van der Waals surface area contributed by atoms with Crippen LogP contribution in [-0.4, -0.2) is 86.7 Å². The largest absolute Gasteiger partial charge is 0.417 e. The maximum atomic E-state index is 12.8. The quantitative estimate of drug-likeness (QED) is 0.255. The lowest BCUT2D eigenvalue weighted by molar-refractivity contribution is -0.137. The van der Waals surface area contributed by atoms with E-state index in [1.165, 1.54) is 132 Å². The fraction of sp³-hybridized carbons (Fsp3) is 0.625.